The molecule has 44 heavy (non-hydrogen) atoms. The first-order valence-corrected chi connectivity index (χ1v) is 15.4. The highest BCUT2D eigenvalue weighted by atomic mass is 32.2. The number of ether oxygens (including phenoxy) is 1. The van der Waals surface area contributed by atoms with Crippen LogP contribution in [0.25, 0.3) is 22.5 Å². The summed E-state index contributed by atoms with van der Waals surface area (Å²) < 4.78 is 74.6. The van der Waals surface area contributed by atoms with E-state index in [4.69, 9.17) is 9.26 Å². The molecule has 0 saturated heterocycles. The van der Waals surface area contributed by atoms with Gasteiger partial charge in [0.05, 0.1) is 23.8 Å². The van der Waals surface area contributed by atoms with Gasteiger partial charge < -0.3 is 9.26 Å². The molecule has 5 rings (SSSR count). The first kappa shape index (κ1) is 30.8. The Kier molecular flexibility index (Phi) is 8.25. The van der Waals surface area contributed by atoms with E-state index < -0.39 is 39.2 Å². The van der Waals surface area contributed by atoms with E-state index in [0.29, 0.717) is 41.1 Å². The second-order valence-corrected chi connectivity index (χ2v) is 12.4. The van der Waals surface area contributed by atoms with Gasteiger partial charge in [0.15, 0.2) is 5.76 Å². The number of carbonyl (C=O) groups is 2. The van der Waals surface area contributed by atoms with Gasteiger partial charge in [0.1, 0.15) is 11.4 Å². The molecule has 1 saturated carbocycles. The van der Waals surface area contributed by atoms with Crippen molar-refractivity contribution in [3.63, 3.8) is 0 Å². The molecule has 1 fully saturated rings. The minimum Gasteiger partial charge on any atom is -0.449 e. The number of rotatable bonds is 9. The Hall–Kier alpha value is -4.65. The minimum absolute atomic E-state index is 0.101. The topological polar surface area (TPSA) is 128 Å². The van der Waals surface area contributed by atoms with Gasteiger partial charge in [-0.05, 0) is 48.1 Å². The number of hydrogen-bond donors (Lipinski definition) is 2. The number of nitrogens with zero attached hydrogens (tertiary/aromatic N) is 1. The third-order valence-electron chi connectivity index (χ3n) is 7.35. The van der Waals surface area contributed by atoms with E-state index in [-0.39, 0.29) is 13.0 Å². The van der Waals surface area contributed by atoms with E-state index in [1.54, 1.807) is 19.1 Å². The second kappa shape index (κ2) is 11.8. The number of anilines is 1. The lowest BCUT2D eigenvalue weighted by Gasteiger charge is -2.15. The quantitative estimate of drug-likeness (QED) is 0.225. The normalized spacial score (nSPS) is 14.1. The van der Waals surface area contributed by atoms with Crippen LogP contribution >= 0.6 is 0 Å². The van der Waals surface area contributed by atoms with E-state index in [9.17, 15) is 31.2 Å². The summed E-state index contributed by atoms with van der Waals surface area (Å²) in [7, 11) is -3.65. The van der Waals surface area contributed by atoms with Crippen LogP contribution in [-0.2, 0) is 37.6 Å². The molecular weight excluding hydrogens is 599 g/mol. The Balaban J connectivity index is 1.22. The van der Waals surface area contributed by atoms with Crippen molar-refractivity contribution in [2.45, 2.75) is 37.8 Å². The molecule has 0 atom stereocenters. The molecule has 0 spiro atoms. The van der Waals surface area contributed by atoms with Gasteiger partial charge in [-0.3, -0.25) is 14.8 Å². The van der Waals surface area contributed by atoms with Crippen LogP contribution in [0.15, 0.2) is 77.3 Å². The van der Waals surface area contributed by atoms with Gasteiger partial charge in [-0.2, -0.15) is 13.2 Å². The van der Waals surface area contributed by atoms with Crippen molar-refractivity contribution < 1.29 is 40.4 Å². The number of alkyl halides is 3. The first-order valence-electron chi connectivity index (χ1n) is 13.5. The molecule has 3 aromatic carbocycles. The van der Waals surface area contributed by atoms with Crippen molar-refractivity contribution >= 4 is 27.7 Å². The number of hydrogen-bond acceptors (Lipinski definition) is 7. The van der Waals surface area contributed by atoms with Crippen molar-refractivity contribution in [1.29, 1.82) is 0 Å². The smallest absolute Gasteiger partial charge is 0.416 e. The summed E-state index contributed by atoms with van der Waals surface area (Å²) >= 11 is 0. The summed E-state index contributed by atoms with van der Waals surface area (Å²) in [6.07, 6.45) is -3.07. The molecule has 2 amide bonds. The van der Waals surface area contributed by atoms with Crippen LogP contribution in [0.3, 0.4) is 0 Å². The van der Waals surface area contributed by atoms with Crippen molar-refractivity contribution in [2.75, 3.05) is 18.2 Å². The lowest BCUT2D eigenvalue weighted by atomic mass is 9.93. The maximum absolute atomic E-state index is 12.9. The van der Waals surface area contributed by atoms with Crippen LogP contribution in [0.1, 0.15) is 35.2 Å². The minimum atomic E-state index is -4.46. The Morgan fingerprint density at radius 3 is 2.18 bits per heavy atom. The van der Waals surface area contributed by atoms with Crippen molar-refractivity contribution in [1.82, 2.24) is 9.88 Å². The number of amides is 2. The first-order chi connectivity index (χ1) is 20.7. The third-order valence-corrected chi connectivity index (χ3v) is 7.90. The summed E-state index contributed by atoms with van der Waals surface area (Å²) in [6.45, 7) is 1.51. The fraction of sp³-hybridized carbons (Fsp3) is 0.258. The predicted molar refractivity (Wildman–Crippen MR) is 156 cm³/mol. The molecule has 9 nitrogen and oxygen atoms in total. The molecule has 0 aliphatic heterocycles. The Morgan fingerprint density at radius 1 is 0.977 bits per heavy atom. The van der Waals surface area contributed by atoms with Gasteiger partial charge >= 0.3 is 12.3 Å². The lowest BCUT2D eigenvalue weighted by Crippen LogP contribution is -2.38. The average molecular weight is 628 g/mol. The van der Waals surface area contributed by atoms with E-state index in [2.05, 4.69) is 15.2 Å². The Labute approximate surface area is 251 Å². The summed E-state index contributed by atoms with van der Waals surface area (Å²) in [6, 6.07) is 19.5. The molecule has 1 aromatic heterocycles. The summed E-state index contributed by atoms with van der Waals surface area (Å²) in [5, 5.41) is 6.55. The zero-order chi connectivity index (χ0) is 31.7. The van der Waals surface area contributed by atoms with Gasteiger partial charge in [-0.1, -0.05) is 71.9 Å². The molecule has 2 N–H and O–H groups in total. The van der Waals surface area contributed by atoms with Crippen LogP contribution in [-0.4, -0.2) is 38.4 Å². The number of carbonyl (C=O) groups excluding carboxylic acids is 2. The Morgan fingerprint density at radius 2 is 1.59 bits per heavy atom. The van der Waals surface area contributed by atoms with Crippen LogP contribution < -0.4 is 10.0 Å². The zero-order valence-corrected chi connectivity index (χ0v) is 24.5. The highest BCUT2D eigenvalue weighted by molar-refractivity contribution is 7.89. The fourth-order valence-electron chi connectivity index (χ4n) is 4.85. The summed E-state index contributed by atoms with van der Waals surface area (Å²) in [5.41, 5.74) is 2.59. The fourth-order valence-corrected chi connectivity index (χ4v) is 5.38. The summed E-state index contributed by atoms with van der Waals surface area (Å²) in [5.74, 6) is -0.227. The molecule has 1 heterocycles. The van der Waals surface area contributed by atoms with Crippen molar-refractivity contribution in [2.24, 2.45) is 0 Å². The molecular formula is C31H28F3N3O6S. The Bertz CT molecular complexity index is 1800. The number of halogens is 3. The van der Waals surface area contributed by atoms with Crippen molar-refractivity contribution in [3.8, 4) is 22.5 Å². The van der Waals surface area contributed by atoms with Crippen LogP contribution in [0.5, 0.6) is 0 Å². The summed E-state index contributed by atoms with van der Waals surface area (Å²) in [4.78, 5) is 25.0. The average Bonchev–Trinajstić information content (AvgIpc) is 3.71. The van der Waals surface area contributed by atoms with E-state index in [1.807, 2.05) is 36.4 Å². The molecule has 1 aliphatic rings. The van der Waals surface area contributed by atoms with Gasteiger partial charge in [-0.15, -0.1) is 0 Å². The van der Waals surface area contributed by atoms with E-state index >= 15 is 0 Å². The van der Waals surface area contributed by atoms with Gasteiger partial charge in [0.2, 0.25) is 15.9 Å². The second-order valence-electron chi connectivity index (χ2n) is 10.6. The lowest BCUT2D eigenvalue weighted by molar-refractivity contribution is -0.137. The van der Waals surface area contributed by atoms with Crippen LogP contribution in [0.4, 0.5) is 23.7 Å². The zero-order valence-electron chi connectivity index (χ0n) is 23.7. The molecule has 230 valence electrons. The molecule has 13 heteroatoms. The van der Waals surface area contributed by atoms with Gasteiger partial charge in [-0.25, -0.2) is 13.2 Å². The number of aromatic nitrogens is 1. The van der Waals surface area contributed by atoms with E-state index in [0.717, 1.165) is 35.1 Å². The van der Waals surface area contributed by atoms with Gasteiger partial charge in [0.25, 0.3) is 0 Å². The maximum Gasteiger partial charge on any atom is 0.416 e. The highest BCUT2D eigenvalue weighted by Crippen LogP contribution is 2.49. The molecule has 0 radical (unpaired) electrons. The van der Waals surface area contributed by atoms with Crippen molar-refractivity contribution in [3.05, 3.63) is 95.2 Å². The van der Waals surface area contributed by atoms with Crippen LogP contribution in [0.2, 0.25) is 0 Å². The number of nitrogens with one attached hydrogen (secondary N) is 2. The number of aryl methyl sites for hydroxylation is 1. The molecule has 1 aliphatic carbocycles. The number of sulfonamides is 1. The van der Waals surface area contributed by atoms with Crippen LogP contribution in [0, 0.1) is 6.92 Å². The third kappa shape index (κ3) is 6.94. The highest BCUT2D eigenvalue weighted by Gasteiger charge is 2.52. The van der Waals surface area contributed by atoms with Gasteiger partial charge in [0, 0.05) is 12.0 Å². The monoisotopic (exact) mass is 627 g/mol. The largest absolute Gasteiger partial charge is 0.449 e. The SMILES string of the molecule is Cc1noc(-c2ccc(-c3ccc(C4(C(=O)NS(C)(=O)=O)CC4)cc3)cc2)c1NC(=O)OCCc1cccc(C(F)(F)F)c1. The number of benzene rings is 3. The predicted octanol–water partition coefficient (Wildman–Crippen LogP) is 6.23. The molecule has 4 aromatic rings. The molecule has 0 bridgehead atoms. The standard InChI is InChI=1S/C31H28F3N3O6S/c1-19-26(35-29(39)42-17-14-20-4-3-5-25(18-20)31(32,33)34)27(43-36-19)23-8-6-21(7-9-23)22-10-12-24(13-11-22)30(15-16-30)28(38)37-44(2,40)41/h3-13,18H,14-17H2,1-2H3,(H,35,39)(H,37,38). The van der Waals surface area contributed by atoms with E-state index in [1.165, 1.54) is 12.1 Å². The maximum atomic E-state index is 12.9. The molecule has 0 unspecified atom stereocenters.